The Bertz CT molecular complexity index is 2460. The Balaban J connectivity index is 1.21. The number of hydrogen-bond donors (Lipinski definition) is 0. The van der Waals surface area contributed by atoms with Crippen molar-refractivity contribution in [1.29, 1.82) is 0 Å². The van der Waals surface area contributed by atoms with Gasteiger partial charge in [0.1, 0.15) is 0 Å². The molecule has 5 nitrogen and oxygen atoms in total. The van der Waals surface area contributed by atoms with Crippen LogP contribution in [-0.4, -0.2) is 11.6 Å². The SMILES string of the molecule is O=C(c1ccccc1)c1ccc(N2c3cccc(c3)N(c3ccccc3)c3cccc(c3)N(c3ccc(C(=O)c4ccccc4)cc3)c3cccc2c3)cc1. The van der Waals surface area contributed by atoms with Crippen LogP contribution in [0.4, 0.5) is 51.2 Å². The lowest BCUT2D eigenvalue weighted by Gasteiger charge is -2.33. The minimum absolute atomic E-state index is 0.0170. The highest BCUT2D eigenvalue weighted by Crippen LogP contribution is 2.45. The molecule has 5 heteroatoms. The molecule has 262 valence electrons. The normalized spacial score (nSPS) is 12.0. The quantitative estimate of drug-likeness (QED) is 0.154. The molecule has 0 N–H and O–H groups in total. The van der Waals surface area contributed by atoms with Gasteiger partial charge in [-0.15, -0.1) is 0 Å². The van der Waals surface area contributed by atoms with Crippen LogP contribution >= 0.6 is 0 Å². The smallest absolute Gasteiger partial charge is 0.193 e. The van der Waals surface area contributed by atoms with Crippen LogP contribution in [0.25, 0.3) is 0 Å². The van der Waals surface area contributed by atoms with E-state index in [0.29, 0.717) is 22.3 Å². The van der Waals surface area contributed by atoms with E-state index in [4.69, 9.17) is 0 Å². The highest BCUT2D eigenvalue weighted by atomic mass is 16.1. The molecule has 1 aliphatic heterocycles. The molecular weight excluding hydrogens is 675 g/mol. The first kappa shape index (κ1) is 33.3. The molecule has 0 atom stereocenters. The molecule has 1 aliphatic rings. The maximum absolute atomic E-state index is 13.4. The Morgan fingerprint density at radius 3 is 0.782 bits per heavy atom. The van der Waals surface area contributed by atoms with E-state index < -0.39 is 0 Å². The van der Waals surface area contributed by atoms with Crippen molar-refractivity contribution in [3.63, 3.8) is 0 Å². The zero-order chi connectivity index (χ0) is 37.1. The third-order valence-electron chi connectivity index (χ3n) is 9.90. The Labute approximate surface area is 320 Å². The standard InChI is InChI=1S/C50H35N3O2/c54-49(36-13-4-1-5-14-36)38-25-29-41(30-26-38)52-45-21-10-19-43(33-45)51(40-17-8-3-9-18-40)44-20-11-22-46(34-44)53(48-24-12-23-47(52)35-48)42-31-27-39(28-32-42)50(55)37-15-6-2-7-16-37/h1-35H. The highest BCUT2D eigenvalue weighted by molar-refractivity contribution is 6.10. The summed E-state index contributed by atoms with van der Waals surface area (Å²) in [6.07, 6.45) is 0. The second-order valence-electron chi connectivity index (χ2n) is 13.4. The summed E-state index contributed by atoms with van der Waals surface area (Å²) < 4.78 is 0. The van der Waals surface area contributed by atoms with E-state index in [1.165, 1.54) is 0 Å². The van der Waals surface area contributed by atoms with Crippen molar-refractivity contribution in [3.05, 3.63) is 235 Å². The molecule has 0 spiro atoms. The van der Waals surface area contributed by atoms with E-state index in [-0.39, 0.29) is 11.6 Å². The van der Waals surface area contributed by atoms with E-state index in [0.717, 1.165) is 51.2 Å². The lowest BCUT2D eigenvalue weighted by atomic mass is 10.0. The van der Waals surface area contributed by atoms with Crippen LogP contribution in [0.3, 0.4) is 0 Å². The first-order chi connectivity index (χ1) is 27.1. The van der Waals surface area contributed by atoms with E-state index in [2.05, 4.69) is 112 Å². The van der Waals surface area contributed by atoms with Crippen LogP contribution in [0, 0.1) is 0 Å². The predicted molar refractivity (Wildman–Crippen MR) is 224 cm³/mol. The molecule has 0 amide bonds. The summed E-state index contributed by atoms with van der Waals surface area (Å²) in [6.45, 7) is 0. The van der Waals surface area contributed by atoms with Crippen LogP contribution in [-0.2, 0) is 0 Å². The lowest BCUT2D eigenvalue weighted by Crippen LogP contribution is -2.16. The number of fused-ring (bicyclic) bond motifs is 6. The van der Waals surface area contributed by atoms with Crippen molar-refractivity contribution in [2.75, 3.05) is 14.7 Å². The van der Waals surface area contributed by atoms with Crippen molar-refractivity contribution >= 4 is 62.8 Å². The van der Waals surface area contributed by atoms with E-state index in [1.54, 1.807) is 0 Å². The van der Waals surface area contributed by atoms with E-state index in [9.17, 15) is 9.59 Å². The van der Waals surface area contributed by atoms with Gasteiger partial charge in [-0.2, -0.15) is 0 Å². The van der Waals surface area contributed by atoms with Gasteiger partial charge in [0.05, 0.1) is 0 Å². The molecule has 8 aromatic carbocycles. The molecule has 0 unspecified atom stereocenters. The fourth-order valence-corrected chi connectivity index (χ4v) is 7.27. The van der Waals surface area contributed by atoms with Gasteiger partial charge in [-0.05, 0) is 115 Å². The minimum atomic E-state index is -0.0170. The van der Waals surface area contributed by atoms with Crippen LogP contribution in [0.2, 0.25) is 0 Å². The van der Waals surface area contributed by atoms with Crippen molar-refractivity contribution in [1.82, 2.24) is 0 Å². The molecule has 9 rings (SSSR count). The molecule has 0 radical (unpaired) electrons. The summed E-state index contributed by atoms with van der Waals surface area (Å²) in [5.41, 5.74) is 11.2. The Morgan fingerprint density at radius 1 is 0.236 bits per heavy atom. The van der Waals surface area contributed by atoms with Gasteiger partial charge in [-0.3, -0.25) is 9.59 Å². The average molecular weight is 710 g/mol. The number of para-hydroxylation sites is 1. The summed E-state index contributed by atoms with van der Waals surface area (Å²) >= 11 is 0. The lowest BCUT2D eigenvalue weighted by molar-refractivity contribution is 0.103. The molecule has 0 saturated heterocycles. The van der Waals surface area contributed by atoms with Crippen molar-refractivity contribution in [2.24, 2.45) is 0 Å². The monoisotopic (exact) mass is 709 g/mol. The number of rotatable bonds is 7. The highest BCUT2D eigenvalue weighted by Gasteiger charge is 2.23. The van der Waals surface area contributed by atoms with E-state index >= 15 is 0 Å². The fraction of sp³-hybridized carbons (Fsp3) is 0. The molecule has 0 aliphatic carbocycles. The third kappa shape index (κ3) is 6.56. The maximum atomic E-state index is 13.4. The van der Waals surface area contributed by atoms with Crippen LogP contribution in [0.1, 0.15) is 31.8 Å². The Hall–Kier alpha value is -7.50. The maximum Gasteiger partial charge on any atom is 0.193 e. The van der Waals surface area contributed by atoms with Crippen LogP contribution in [0.5, 0.6) is 0 Å². The van der Waals surface area contributed by atoms with Crippen LogP contribution < -0.4 is 14.7 Å². The van der Waals surface area contributed by atoms with Gasteiger partial charge in [0, 0.05) is 73.4 Å². The number of hydrogen-bond acceptors (Lipinski definition) is 5. The largest absolute Gasteiger partial charge is 0.310 e. The number of ketones is 2. The van der Waals surface area contributed by atoms with Gasteiger partial charge in [-0.25, -0.2) is 0 Å². The number of carbonyl (C=O) groups is 2. The average Bonchev–Trinajstić information content (AvgIpc) is 3.25. The second kappa shape index (κ2) is 14.5. The third-order valence-corrected chi connectivity index (χ3v) is 9.90. The van der Waals surface area contributed by atoms with Gasteiger partial charge in [0.15, 0.2) is 11.6 Å². The summed E-state index contributed by atoms with van der Waals surface area (Å²) in [6, 6.07) is 70.3. The fourth-order valence-electron chi connectivity index (χ4n) is 7.27. The van der Waals surface area contributed by atoms with Gasteiger partial charge in [-0.1, -0.05) is 97.1 Å². The molecule has 6 bridgehead atoms. The molecule has 55 heavy (non-hydrogen) atoms. The Morgan fingerprint density at radius 2 is 0.473 bits per heavy atom. The number of anilines is 9. The molecule has 0 saturated carbocycles. The van der Waals surface area contributed by atoms with E-state index in [1.807, 2.05) is 115 Å². The van der Waals surface area contributed by atoms with Crippen molar-refractivity contribution in [3.8, 4) is 0 Å². The van der Waals surface area contributed by atoms with Crippen LogP contribution in [0.15, 0.2) is 212 Å². The summed E-state index contributed by atoms with van der Waals surface area (Å²) in [5, 5.41) is 0. The molecular formula is C50H35N3O2. The van der Waals surface area contributed by atoms with Gasteiger partial charge >= 0.3 is 0 Å². The first-order valence-electron chi connectivity index (χ1n) is 18.3. The topological polar surface area (TPSA) is 43.9 Å². The predicted octanol–water partition coefficient (Wildman–Crippen LogP) is 12.9. The van der Waals surface area contributed by atoms with Crippen molar-refractivity contribution in [2.45, 2.75) is 0 Å². The molecule has 1 heterocycles. The molecule has 0 fully saturated rings. The minimum Gasteiger partial charge on any atom is -0.310 e. The first-order valence-corrected chi connectivity index (χ1v) is 18.3. The van der Waals surface area contributed by atoms with Gasteiger partial charge in [0.25, 0.3) is 0 Å². The molecule has 0 aromatic heterocycles. The zero-order valence-corrected chi connectivity index (χ0v) is 29.9. The number of nitrogens with zero attached hydrogens (tertiary/aromatic N) is 3. The molecule has 8 aromatic rings. The number of benzene rings is 8. The zero-order valence-electron chi connectivity index (χ0n) is 29.9. The summed E-state index contributed by atoms with van der Waals surface area (Å²) in [7, 11) is 0. The number of carbonyl (C=O) groups excluding carboxylic acids is 2. The Kier molecular flexibility index (Phi) is 8.79. The van der Waals surface area contributed by atoms with Gasteiger partial charge < -0.3 is 14.7 Å². The second-order valence-corrected chi connectivity index (χ2v) is 13.4. The van der Waals surface area contributed by atoms with Crippen molar-refractivity contribution < 1.29 is 9.59 Å². The van der Waals surface area contributed by atoms with Gasteiger partial charge in [0.2, 0.25) is 0 Å². The summed E-state index contributed by atoms with van der Waals surface area (Å²) in [5.74, 6) is -0.0341. The summed E-state index contributed by atoms with van der Waals surface area (Å²) in [4.78, 5) is 33.5.